The summed E-state index contributed by atoms with van der Waals surface area (Å²) >= 11 is 0. The maximum atomic E-state index is 12.2. The smallest absolute Gasteiger partial charge is 0.260 e. The van der Waals surface area contributed by atoms with Crippen LogP contribution in [0.5, 0.6) is 0 Å². The molecule has 130 valence electrons. The van der Waals surface area contributed by atoms with Crippen molar-refractivity contribution in [2.75, 3.05) is 18.5 Å². The van der Waals surface area contributed by atoms with Crippen LogP contribution in [0.25, 0.3) is 11.5 Å². The third kappa shape index (κ3) is 4.64. The number of nitrogens with one attached hydrogen (secondary N) is 1. The summed E-state index contributed by atoms with van der Waals surface area (Å²) in [5.41, 5.74) is 2.42. The van der Waals surface area contributed by atoms with Crippen molar-refractivity contribution in [1.82, 2.24) is 10.1 Å². The minimum Gasteiger partial charge on any atom is -0.382 e. The first kappa shape index (κ1) is 18.1. The molecule has 1 aromatic heterocycles. The predicted octanol–water partition coefficient (Wildman–Crippen LogP) is 3.92. The van der Waals surface area contributed by atoms with Gasteiger partial charge in [-0.1, -0.05) is 31.1 Å². The molecular weight excluding hydrogens is 306 g/mol. The molecule has 0 saturated heterocycles. The lowest BCUT2D eigenvalue weighted by Crippen LogP contribution is -2.14. The zero-order chi connectivity index (χ0) is 17.5. The van der Waals surface area contributed by atoms with Gasteiger partial charge in [0.15, 0.2) is 5.82 Å². The van der Waals surface area contributed by atoms with Gasteiger partial charge in [0.25, 0.3) is 5.89 Å². The summed E-state index contributed by atoms with van der Waals surface area (Å²) < 4.78 is 10.6. The number of aromatic nitrogens is 2. The van der Waals surface area contributed by atoms with Crippen molar-refractivity contribution < 1.29 is 14.1 Å². The minimum atomic E-state index is -0.0474. The molecule has 0 saturated carbocycles. The molecule has 0 aliphatic heterocycles. The van der Waals surface area contributed by atoms with E-state index < -0.39 is 0 Å². The number of benzene rings is 1. The molecule has 2 aromatic rings. The highest BCUT2D eigenvalue weighted by Crippen LogP contribution is 2.30. The molecule has 1 N–H and O–H groups in total. The summed E-state index contributed by atoms with van der Waals surface area (Å²) in [4.78, 5) is 16.6. The molecule has 1 amide bonds. The van der Waals surface area contributed by atoms with Gasteiger partial charge in [0.1, 0.15) is 0 Å². The van der Waals surface area contributed by atoms with E-state index in [0.29, 0.717) is 37.8 Å². The van der Waals surface area contributed by atoms with Gasteiger partial charge in [-0.3, -0.25) is 4.79 Å². The standard InChI is InChI=1S/C18H25N3O3/c1-5-23-11-7-10-15(22)19-16-13(4)8-6-9-14(16)18-20-17(12(2)3)21-24-18/h6,8-9,12H,5,7,10-11H2,1-4H3,(H,19,22). The molecule has 0 bridgehead atoms. The van der Waals surface area contributed by atoms with E-state index in [4.69, 9.17) is 9.26 Å². The molecule has 0 unspecified atom stereocenters. The lowest BCUT2D eigenvalue weighted by molar-refractivity contribution is -0.116. The third-order valence-electron chi connectivity index (χ3n) is 3.62. The monoisotopic (exact) mass is 331 g/mol. The van der Waals surface area contributed by atoms with Crippen LogP contribution in [-0.2, 0) is 9.53 Å². The summed E-state index contributed by atoms with van der Waals surface area (Å²) in [5, 5.41) is 6.97. The van der Waals surface area contributed by atoms with E-state index in [0.717, 1.165) is 16.8 Å². The van der Waals surface area contributed by atoms with Crippen molar-refractivity contribution in [3.8, 4) is 11.5 Å². The zero-order valence-electron chi connectivity index (χ0n) is 14.8. The Bertz CT molecular complexity index is 680. The Morgan fingerprint density at radius 2 is 2.17 bits per heavy atom. The second-order valence-corrected chi connectivity index (χ2v) is 5.96. The van der Waals surface area contributed by atoms with Gasteiger partial charge in [-0.15, -0.1) is 0 Å². The number of carbonyl (C=O) groups is 1. The molecule has 24 heavy (non-hydrogen) atoms. The number of hydrogen-bond acceptors (Lipinski definition) is 5. The fourth-order valence-corrected chi connectivity index (χ4v) is 2.27. The number of rotatable bonds is 8. The molecule has 0 aliphatic rings. The number of anilines is 1. The van der Waals surface area contributed by atoms with Gasteiger partial charge in [0.05, 0.1) is 11.3 Å². The van der Waals surface area contributed by atoms with Gasteiger partial charge in [-0.05, 0) is 31.9 Å². The van der Waals surface area contributed by atoms with Crippen LogP contribution in [-0.4, -0.2) is 29.3 Å². The van der Waals surface area contributed by atoms with E-state index >= 15 is 0 Å². The maximum Gasteiger partial charge on any atom is 0.260 e. The van der Waals surface area contributed by atoms with Crippen molar-refractivity contribution in [2.45, 2.75) is 46.5 Å². The van der Waals surface area contributed by atoms with E-state index in [1.54, 1.807) is 0 Å². The van der Waals surface area contributed by atoms with Crippen molar-refractivity contribution in [2.24, 2.45) is 0 Å². The molecule has 1 heterocycles. The molecule has 0 fully saturated rings. The summed E-state index contributed by atoms with van der Waals surface area (Å²) in [6.45, 7) is 9.15. The number of amides is 1. The van der Waals surface area contributed by atoms with Crippen molar-refractivity contribution in [1.29, 1.82) is 0 Å². The first-order valence-corrected chi connectivity index (χ1v) is 8.34. The fraction of sp³-hybridized carbons (Fsp3) is 0.500. The van der Waals surface area contributed by atoms with Gasteiger partial charge < -0.3 is 14.6 Å². The molecule has 1 aromatic carbocycles. The van der Waals surface area contributed by atoms with Gasteiger partial charge in [0, 0.05) is 25.6 Å². The second-order valence-electron chi connectivity index (χ2n) is 5.96. The Labute approximate surface area is 142 Å². The van der Waals surface area contributed by atoms with E-state index in [1.165, 1.54) is 0 Å². The average molecular weight is 331 g/mol. The lowest BCUT2D eigenvalue weighted by atomic mass is 10.1. The summed E-state index contributed by atoms with van der Waals surface area (Å²) in [7, 11) is 0. The van der Waals surface area contributed by atoms with E-state index in [9.17, 15) is 4.79 Å². The van der Waals surface area contributed by atoms with Crippen LogP contribution in [0.15, 0.2) is 22.7 Å². The number of aryl methyl sites for hydroxylation is 1. The molecule has 6 heteroatoms. The summed E-state index contributed by atoms with van der Waals surface area (Å²) in [6, 6.07) is 5.73. The Hall–Kier alpha value is -2.21. The Balaban J connectivity index is 2.15. The summed E-state index contributed by atoms with van der Waals surface area (Å²) in [5.74, 6) is 1.21. The first-order chi connectivity index (χ1) is 11.5. The highest BCUT2D eigenvalue weighted by Gasteiger charge is 2.17. The zero-order valence-corrected chi connectivity index (χ0v) is 14.8. The second kappa shape index (κ2) is 8.59. The van der Waals surface area contributed by atoms with Crippen molar-refractivity contribution >= 4 is 11.6 Å². The number of carbonyl (C=O) groups excluding carboxylic acids is 1. The molecule has 0 aliphatic carbocycles. The SMILES string of the molecule is CCOCCCC(=O)Nc1c(C)cccc1-c1nc(C(C)C)no1. The van der Waals surface area contributed by atoms with Crippen LogP contribution < -0.4 is 5.32 Å². The number of nitrogens with zero attached hydrogens (tertiary/aromatic N) is 2. The van der Waals surface area contributed by atoms with E-state index in [1.807, 2.05) is 45.9 Å². The van der Waals surface area contributed by atoms with Crippen molar-refractivity contribution in [3.05, 3.63) is 29.6 Å². The Kier molecular flexibility index (Phi) is 6.49. The quantitative estimate of drug-likeness (QED) is 0.742. The first-order valence-electron chi connectivity index (χ1n) is 8.34. The van der Waals surface area contributed by atoms with Gasteiger partial charge in [-0.2, -0.15) is 4.98 Å². The lowest BCUT2D eigenvalue weighted by Gasteiger charge is -2.11. The van der Waals surface area contributed by atoms with E-state index in [-0.39, 0.29) is 11.8 Å². The number of hydrogen-bond donors (Lipinski definition) is 1. The molecule has 6 nitrogen and oxygen atoms in total. The molecular formula is C18H25N3O3. The average Bonchev–Trinajstić information content (AvgIpc) is 3.03. The Morgan fingerprint density at radius 1 is 1.38 bits per heavy atom. The van der Waals surface area contributed by atoms with Crippen molar-refractivity contribution in [3.63, 3.8) is 0 Å². The van der Waals surface area contributed by atoms with Crippen LogP contribution in [0.3, 0.4) is 0 Å². The highest BCUT2D eigenvalue weighted by molar-refractivity contribution is 5.95. The topological polar surface area (TPSA) is 77.2 Å². The number of ether oxygens (including phenoxy) is 1. The van der Waals surface area contributed by atoms with Crippen LogP contribution in [0.4, 0.5) is 5.69 Å². The predicted molar refractivity (Wildman–Crippen MR) is 92.9 cm³/mol. The van der Waals surface area contributed by atoms with Crippen LogP contribution in [0.2, 0.25) is 0 Å². The molecule has 0 atom stereocenters. The largest absolute Gasteiger partial charge is 0.382 e. The summed E-state index contributed by atoms with van der Waals surface area (Å²) in [6.07, 6.45) is 1.10. The van der Waals surface area contributed by atoms with E-state index in [2.05, 4.69) is 15.5 Å². The van der Waals surface area contributed by atoms with Gasteiger partial charge in [0.2, 0.25) is 5.91 Å². The minimum absolute atomic E-state index is 0.0474. The molecule has 0 radical (unpaired) electrons. The normalized spacial score (nSPS) is 11.0. The maximum absolute atomic E-state index is 12.2. The van der Waals surface area contributed by atoms with Gasteiger partial charge in [-0.25, -0.2) is 0 Å². The third-order valence-corrected chi connectivity index (χ3v) is 3.62. The highest BCUT2D eigenvalue weighted by atomic mass is 16.5. The van der Waals surface area contributed by atoms with Gasteiger partial charge >= 0.3 is 0 Å². The Morgan fingerprint density at radius 3 is 2.83 bits per heavy atom. The number of para-hydroxylation sites is 1. The van der Waals surface area contributed by atoms with Crippen LogP contribution >= 0.6 is 0 Å². The molecule has 2 rings (SSSR count). The van der Waals surface area contributed by atoms with Crippen LogP contribution in [0.1, 0.15) is 50.9 Å². The van der Waals surface area contributed by atoms with Crippen LogP contribution in [0, 0.1) is 6.92 Å². The molecule has 0 spiro atoms. The fourth-order valence-electron chi connectivity index (χ4n) is 2.27.